The lowest BCUT2D eigenvalue weighted by Crippen LogP contribution is -2.28. The fourth-order valence-electron chi connectivity index (χ4n) is 3.86. The van der Waals surface area contributed by atoms with E-state index in [0.717, 1.165) is 6.42 Å². The van der Waals surface area contributed by atoms with Crippen LogP contribution in [0.25, 0.3) is 5.69 Å². The number of nitrogens with zero attached hydrogens (tertiary/aromatic N) is 4. The van der Waals surface area contributed by atoms with E-state index in [2.05, 4.69) is 5.10 Å². The Balaban J connectivity index is 0.00000240. The molecule has 0 spiro atoms. The van der Waals surface area contributed by atoms with Gasteiger partial charge in [0.05, 0.1) is 11.4 Å². The zero-order valence-electron chi connectivity index (χ0n) is 15.8. The summed E-state index contributed by atoms with van der Waals surface area (Å²) in [6, 6.07) is 4.27. The molecule has 0 radical (unpaired) electrons. The number of aromatic nitrogens is 2. The van der Waals surface area contributed by atoms with Crippen LogP contribution in [0.15, 0.2) is 18.2 Å². The van der Waals surface area contributed by atoms with Crippen LogP contribution in [0.4, 0.5) is 17.6 Å². The summed E-state index contributed by atoms with van der Waals surface area (Å²) in [5.41, 5.74) is 0.299. The molecule has 5 nitrogen and oxygen atoms in total. The van der Waals surface area contributed by atoms with Crippen LogP contribution in [0.5, 0.6) is 0 Å². The van der Waals surface area contributed by atoms with Crippen molar-refractivity contribution in [3.63, 3.8) is 0 Å². The molecule has 4 rings (SSSR count). The number of hydrogen-bond donors (Lipinski definition) is 0. The molecule has 0 unspecified atom stereocenters. The zero-order valence-corrected chi connectivity index (χ0v) is 16.6. The number of hydrogen-bond acceptors (Lipinski definition) is 3. The average molecular weight is 433 g/mol. The van der Waals surface area contributed by atoms with Crippen LogP contribution in [0.3, 0.4) is 0 Å². The van der Waals surface area contributed by atoms with Gasteiger partial charge in [-0.1, -0.05) is 6.07 Å². The Morgan fingerprint density at radius 3 is 2.55 bits per heavy atom. The highest BCUT2D eigenvalue weighted by Crippen LogP contribution is 2.36. The number of amides is 1. The highest BCUT2D eigenvalue weighted by Gasteiger charge is 2.40. The number of rotatable bonds is 3. The Bertz CT molecular complexity index is 928. The molecule has 29 heavy (non-hydrogen) atoms. The summed E-state index contributed by atoms with van der Waals surface area (Å²) in [6.07, 6.45) is -3.09. The number of likely N-dealkylation sites (tertiary alicyclic amines) is 1. The van der Waals surface area contributed by atoms with Crippen molar-refractivity contribution in [3.8, 4) is 5.69 Å². The minimum absolute atomic E-state index is 0. The lowest BCUT2D eigenvalue weighted by molar-refractivity contribution is -0.142. The molecule has 0 bridgehead atoms. The Hall–Kier alpha value is -2.13. The molecule has 0 atom stereocenters. The van der Waals surface area contributed by atoms with Gasteiger partial charge < -0.3 is 9.80 Å². The van der Waals surface area contributed by atoms with Gasteiger partial charge in [-0.15, -0.1) is 12.4 Å². The minimum atomic E-state index is -4.56. The van der Waals surface area contributed by atoms with Crippen LogP contribution in [0, 0.1) is 5.82 Å². The molecule has 1 saturated heterocycles. The van der Waals surface area contributed by atoms with Gasteiger partial charge in [0.2, 0.25) is 5.91 Å². The second-order valence-corrected chi connectivity index (χ2v) is 7.37. The van der Waals surface area contributed by atoms with Gasteiger partial charge in [0.1, 0.15) is 5.82 Å². The Morgan fingerprint density at radius 1 is 1.17 bits per heavy atom. The van der Waals surface area contributed by atoms with Gasteiger partial charge in [0.25, 0.3) is 0 Å². The summed E-state index contributed by atoms with van der Waals surface area (Å²) >= 11 is 0. The predicted octanol–water partition coefficient (Wildman–Crippen LogP) is 3.56. The van der Waals surface area contributed by atoms with Crippen LogP contribution in [0.2, 0.25) is 0 Å². The summed E-state index contributed by atoms with van der Waals surface area (Å²) in [5, 5.41) is 3.79. The fourth-order valence-corrected chi connectivity index (χ4v) is 3.86. The number of likely N-dealkylation sites (N-methyl/N-ethyl adjacent to an activating group) is 1. The predicted molar refractivity (Wildman–Crippen MR) is 100 cm³/mol. The molecule has 2 aromatic rings. The van der Waals surface area contributed by atoms with E-state index in [1.54, 1.807) is 11.0 Å². The molecule has 2 aliphatic rings. The van der Waals surface area contributed by atoms with Crippen LogP contribution in [-0.4, -0.2) is 45.6 Å². The molecule has 1 aromatic heterocycles. The fraction of sp³-hybridized carbons (Fsp3) is 0.474. The maximum atomic E-state index is 14.7. The van der Waals surface area contributed by atoms with E-state index >= 15 is 0 Å². The van der Waals surface area contributed by atoms with Gasteiger partial charge in [-0.25, -0.2) is 9.07 Å². The van der Waals surface area contributed by atoms with E-state index < -0.39 is 17.7 Å². The second kappa shape index (κ2) is 7.95. The first-order valence-electron chi connectivity index (χ1n) is 9.17. The maximum Gasteiger partial charge on any atom is 0.435 e. The van der Waals surface area contributed by atoms with E-state index in [1.807, 2.05) is 11.9 Å². The number of alkyl halides is 3. The Labute approximate surface area is 171 Å². The largest absolute Gasteiger partial charge is 0.435 e. The van der Waals surface area contributed by atoms with Gasteiger partial charge in [-0.2, -0.15) is 18.3 Å². The standard InChI is InChI=1S/C19H20F4N4O.ClH/c1-25-8-6-14-16(11-25)27(24-18(14)19(21,22)23)13-5-4-12(15(20)9-13)10-26-7-2-3-17(26)28;/h4-5,9H,2-3,6-8,10-11H2,1H3;1H. The first-order valence-corrected chi connectivity index (χ1v) is 9.17. The van der Waals surface area contributed by atoms with E-state index in [-0.39, 0.29) is 42.5 Å². The summed E-state index contributed by atoms with van der Waals surface area (Å²) in [7, 11) is 1.82. The van der Waals surface area contributed by atoms with Crippen molar-refractivity contribution >= 4 is 18.3 Å². The lowest BCUT2D eigenvalue weighted by atomic mass is 10.0. The molecule has 158 valence electrons. The first-order chi connectivity index (χ1) is 13.2. The molecule has 0 N–H and O–H groups in total. The first kappa shape index (κ1) is 21.6. The highest BCUT2D eigenvalue weighted by molar-refractivity contribution is 5.85. The molecule has 1 amide bonds. The average Bonchev–Trinajstić information content (AvgIpc) is 3.20. The molecule has 0 aliphatic carbocycles. The molecule has 1 aromatic carbocycles. The highest BCUT2D eigenvalue weighted by atomic mass is 35.5. The number of fused-ring (bicyclic) bond motifs is 1. The van der Waals surface area contributed by atoms with Gasteiger partial charge in [-0.05, 0) is 32.0 Å². The van der Waals surface area contributed by atoms with E-state index in [1.165, 1.54) is 16.8 Å². The van der Waals surface area contributed by atoms with E-state index in [9.17, 15) is 22.4 Å². The monoisotopic (exact) mass is 432 g/mol. The number of benzene rings is 1. The topological polar surface area (TPSA) is 41.4 Å². The smallest absolute Gasteiger partial charge is 0.338 e. The van der Waals surface area contributed by atoms with Crippen molar-refractivity contribution < 1.29 is 22.4 Å². The summed E-state index contributed by atoms with van der Waals surface area (Å²) in [6.45, 7) is 1.58. The van der Waals surface area contributed by atoms with Crippen molar-refractivity contribution in [1.82, 2.24) is 19.6 Å². The third-order valence-electron chi connectivity index (χ3n) is 5.34. The molecule has 10 heteroatoms. The Kier molecular flexibility index (Phi) is 5.91. The summed E-state index contributed by atoms with van der Waals surface area (Å²) < 4.78 is 56.1. The Morgan fingerprint density at radius 2 is 1.93 bits per heavy atom. The van der Waals surface area contributed by atoms with Crippen molar-refractivity contribution in [2.75, 3.05) is 20.1 Å². The number of carbonyl (C=O) groups excluding carboxylic acids is 1. The molecule has 1 fully saturated rings. The quantitative estimate of drug-likeness (QED) is 0.696. The van der Waals surface area contributed by atoms with E-state index in [4.69, 9.17) is 0 Å². The van der Waals surface area contributed by atoms with Crippen molar-refractivity contribution in [2.24, 2.45) is 0 Å². The van der Waals surface area contributed by atoms with Gasteiger partial charge in [0, 0.05) is 43.7 Å². The number of halogens is 5. The summed E-state index contributed by atoms with van der Waals surface area (Å²) in [4.78, 5) is 15.2. The second-order valence-electron chi connectivity index (χ2n) is 7.37. The SMILES string of the molecule is CN1CCc2c(C(F)(F)F)nn(-c3ccc(CN4CCCC4=O)c(F)c3)c2C1.Cl. The minimum Gasteiger partial charge on any atom is -0.338 e. The van der Waals surface area contributed by atoms with E-state index in [0.29, 0.717) is 37.3 Å². The molecule has 2 aliphatic heterocycles. The lowest BCUT2D eigenvalue weighted by Gasteiger charge is -2.24. The van der Waals surface area contributed by atoms with Crippen LogP contribution < -0.4 is 0 Å². The van der Waals surface area contributed by atoms with Crippen molar-refractivity contribution in [1.29, 1.82) is 0 Å². The third kappa shape index (κ3) is 4.11. The molecular weight excluding hydrogens is 412 g/mol. The van der Waals surface area contributed by atoms with Crippen LogP contribution in [-0.2, 0) is 30.5 Å². The van der Waals surface area contributed by atoms with Crippen molar-refractivity contribution in [2.45, 2.75) is 38.5 Å². The summed E-state index contributed by atoms with van der Waals surface area (Å²) in [5.74, 6) is -0.568. The zero-order chi connectivity index (χ0) is 20.1. The van der Waals surface area contributed by atoms with Crippen molar-refractivity contribution in [3.05, 3.63) is 46.5 Å². The van der Waals surface area contributed by atoms with Gasteiger partial charge >= 0.3 is 6.18 Å². The van der Waals surface area contributed by atoms with Gasteiger partial charge in [-0.3, -0.25) is 4.79 Å². The van der Waals surface area contributed by atoms with Crippen LogP contribution in [0.1, 0.15) is 35.4 Å². The molecule has 3 heterocycles. The number of carbonyl (C=O) groups is 1. The third-order valence-corrected chi connectivity index (χ3v) is 5.34. The van der Waals surface area contributed by atoms with Crippen LogP contribution >= 0.6 is 12.4 Å². The molecule has 0 saturated carbocycles. The normalized spacial score (nSPS) is 17.4. The maximum absolute atomic E-state index is 14.7. The molecular formula is C19H21ClF4N4O. The van der Waals surface area contributed by atoms with Gasteiger partial charge in [0.15, 0.2) is 5.69 Å².